The van der Waals surface area contributed by atoms with E-state index in [9.17, 15) is 15.3 Å². The lowest BCUT2D eigenvalue weighted by molar-refractivity contribution is 0.353. The Labute approximate surface area is 187 Å². The van der Waals surface area contributed by atoms with Gasteiger partial charge >= 0.3 is 7.12 Å². The predicted octanol–water partition coefficient (Wildman–Crippen LogP) is 3.19. The van der Waals surface area contributed by atoms with Crippen molar-refractivity contribution in [3.8, 4) is 6.07 Å². The molecule has 0 heterocycles. The summed E-state index contributed by atoms with van der Waals surface area (Å²) in [5.41, 5.74) is -0.0681. The molecule has 3 rings (SSSR count). The van der Waals surface area contributed by atoms with Gasteiger partial charge in [0, 0.05) is 11.7 Å². The minimum absolute atomic E-state index is 0.0681. The van der Waals surface area contributed by atoms with Gasteiger partial charge in [0.25, 0.3) is 0 Å². The molecule has 3 unspecified atom stereocenters. The minimum Gasteiger partial charge on any atom is -0.427 e. The molecule has 0 saturated carbocycles. The predicted molar refractivity (Wildman–Crippen MR) is 131 cm³/mol. The highest BCUT2D eigenvalue weighted by molar-refractivity contribution is 7.12. The van der Waals surface area contributed by atoms with Gasteiger partial charge in [-0.2, -0.15) is 5.26 Å². The highest BCUT2D eigenvalue weighted by atomic mass is 28.3. The van der Waals surface area contributed by atoms with Gasteiger partial charge in [0.05, 0.1) is 6.07 Å². The highest BCUT2D eigenvalue weighted by Gasteiger charge is 2.52. The van der Waals surface area contributed by atoms with Crippen LogP contribution in [0.4, 0.5) is 0 Å². The number of nitrogens with zero attached hydrogens (tertiary/aromatic N) is 1. The smallest absolute Gasteiger partial charge is 0.427 e. The van der Waals surface area contributed by atoms with Crippen LogP contribution in [0.5, 0.6) is 0 Å². The molecule has 0 amide bonds. The van der Waals surface area contributed by atoms with E-state index in [4.69, 9.17) is 0 Å². The number of benzene rings is 3. The van der Waals surface area contributed by atoms with Crippen LogP contribution in [0.3, 0.4) is 0 Å². The summed E-state index contributed by atoms with van der Waals surface area (Å²) in [7, 11) is -4.30. The van der Waals surface area contributed by atoms with Crippen molar-refractivity contribution >= 4 is 30.8 Å². The quantitative estimate of drug-likeness (QED) is 0.429. The van der Waals surface area contributed by atoms with Crippen molar-refractivity contribution in [1.82, 2.24) is 0 Å². The zero-order valence-electron chi connectivity index (χ0n) is 18.4. The van der Waals surface area contributed by atoms with Gasteiger partial charge in [0.1, 0.15) is 0 Å². The lowest BCUT2D eigenvalue weighted by atomic mass is 9.65. The maximum absolute atomic E-state index is 10.3. The molecular weight excluding hydrogens is 397 g/mol. The van der Waals surface area contributed by atoms with Crippen LogP contribution in [0.1, 0.15) is 20.8 Å². The molecule has 0 aliphatic rings. The topological polar surface area (TPSA) is 64.2 Å². The summed E-state index contributed by atoms with van der Waals surface area (Å²) < 4.78 is 0. The Balaban J connectivity index is 2.45. The van der Waals surface area contributed by atoms with Crippen LogP contribution in [-0.2, 0) is 0 Å². The molecule has 2 N–H and O–H groups in total. The lowest BCUT2D eigenvalue weighted by Crippen LogP contribution is -2.72. The Kier molecular flexibility index (Phi) is 7.51. The molecule has 0 aliphatic carbocycles. The van der Waals surface area contributed by atoms with Crippen molar-refractivity contribution in [2.75, 3.05) is 0 Å². The summed E-state index contributed by atoms with van der Waals surface area (Å²) in [5, 5.41) is 34.1. The van der Waals surface area contributed by atoms with Crippen LogP contribution < -0.4 is 15.6 Å². The second-order valence-corrected chi connectivity index (χ2v) is 12.6. The molecule has 0 aliphatic heterocycles. The van der Waals surface area contributed by atoms with E-state index in [1.807, 2.05) is 18.2 Å². The van der Waals surface area contributed by atoms with E-state index in [-0.39, 0.29) is 11.5 Å². The summed E-state index contributed by atoms with van der Waals surface area (Å²) in [6.45, 7) is 6.08. The Morgan fingerprint density at radius 2 is 1.06 bits per heavy atom. The van der Waals surface area contributed by atoms with Crippen LogP contribution in [0.2, 0.25) is 11.4 Å². The first-order valence-corrected chi connectivity index (χ1v) is 12.9. The third-order valence-electron chi connectivity index (χ3n) is 6.48. The average Bonchev–Trinajstić information content (AvgIpc) is 2.80. The molecule has 0 aromatic heterocycles. The molecule has 3 atom stereocenters. The average molecular weight is 427 g/mol. The van der Waals surface area contributed by atoms with Crippen LogP contribution in [0.25, 0.3) is 0 Å². The largest absolute Gasteiger partial charge is 0.455 e. The van der Waals surface area contributed by atoms with E-state index in [0.29, 0.717) is 0 Å². The fourth-order valence-corrected chi connectivity index (χ4v) is 11.3. The zero-order valence-corrected chi connectivity index (χ0v) is 19.4. The maximum atomic E-state index is 10.3. The molecule has 0 saturated heterocycles. The monoisotopic (exact) mass is 427 g/mol. The Bertz CT molecular complexity index is 894. The first-order chi connectivity index (χ1) is 14.9. The van der Waals surface area contributed by atoms with E-state index >= 15 is 0 Å². The summed E-state index contributed by atoms with van der Waals surface area (Å²) >= 11 is 0. The van der Waals surface area contributed by atoms with Crippen molar-refractivity contribution in [2.45, 2.75) is 32.1 Å². The number of hydrogen-bond acceptors (Lipinski definition) is 3. The van der Waals surface area contributed by atoms with Crippen molar-refractivity contribution in [3.05, 3.63) is 91.0 Å². The lowest BCUT2D eigenvalue weighted by Gasteiger charge is -2.46. The second-order valence-electron chi connectivity index (χ2n) is 8.60. The Morgan fingerprint density at radius 1 is 0.710 bits per heavy atom. The van der Waals surface area contributed by atoms with E-state index in [1.54, 1.807) is 6.92 Å². The number of hydrogen-bond donors (Lipinski definition) is 2. The Morgan fingerprint density at radius 3 is 1.32 bits per heavy atom. The van der Waals surface area contributed by atoms with Crippen LogP contribution in [0.15, 0.2) is 91.0 Å². The van der Waals surface area contributed by atoms with Gasteiger partial charge in [-0.25, -0.2) is 0 Å². The van der Waals surface area contributed by atoms with Gasteiger partial charge in [0.2, 0.25) is 0 Å². The fraction of sp³-hybridized carbons (Fsp3) is 0.269. The van der Waals surface area contributed by atoms with Crippen LogP contribution in [-0.4, -0.2) is 25.2 Å². The van der Waals surface area contributed by atoms with Crippen LogP contribution >= 0.6 is 0 Å². The fourth-order valence-electron chi connectivity index (χ4n) is 5.07. The Hall–Kier alpha value is -2.65. The number of nitriles is 1. The molecule has 31 heavy (non-hydrogen) atoms. The molecule has 5 heteroatoms. The van der Waals surface area contributed by atoms with E-state index in [0.717, 1.165) is 0 Å². The van der Waals surface area contributed by atoms with Crippen LogP contribution in [0, 0.1) is 23.2 Å². The second kappa shape index (κ2) is 10.1. The summed E-state index contributed by atoms with van der Waals surface area (Å²) in [6, 6.07) is 34.0. The van der Waals surface area contributed by atoms with Gasteiger partial charge in [-0.3, -0.25) is 0 Å². The minimum atomic E-state index is -2.75. The van der Waals surface area contributed by atoms with Crippen molar-refractivity contribution in [2.24, 2.45) is 11.8 Å². The van der Waals surface area contributed by atoms with E-state index in [1.165, 1.54) is 15.6 Å². The normalized spacial score (nSPS) is 14.5. The molecule has 0 spiro atoms. The molecule has 158 valence electrons. The van der Waals surface area contributed by atoms with Crippen molar-refractivity contribution in [3.63, 3.8) is 0 Å². The highest BCUT2D eigenvalue weighted by Crippen LogP contribution is 2.42. The van der Waals surface area contributed by atoms with E-state index < -0.39 is 26.9 Å². The molecule has 0 fully saturated rings. The van der Waals surface area contributed by atoms with Crippen molar-refractivity contribution < 1.29 is 10.0 Å². The first-order valence-electron chi connectivity index (χ1n) is 10.9. The molecular formula is C26H30BNO2Si. The molecule has 3 aromatic carbocycles. The SMILES string of the molecule is CC(C)C(C(C#N)C(C)B(O)O)[Si](c1ccccc1)(c1ccccc1)c1ccccc1. The molecule has 3 aromatic rings. The molecule has 0 bridgehead atoms. The van der Waals surface area contributed by atoms with E-state index in [2.05, 4.69) is 92.7 Å². The maximum Gasteiger partial charge on any atom is 0.455 e. The number of rotatable bonds is 8. The molecule has 3 nitrogen and oxygen atoms in total. The van der Waals surface area contributed by atoms with Gasteiger partial charge in [-0.05, 0) is 27.0 Å². The van der Waals surface area contributed by atoms with Crippen molar-refractivity contribution in [1.29, 1.82) is 5.26 Å². The van der Waals surface area contributed by atoms with Gasteiger partial charge in [-0.15, -0.1) is 0 Å². The third kappa shape index (κ3) is 4.38. The summed E-state index contributed by atoms with van der Waals surface area (Å²) in [5.74, 6) is -0.939. The van der Waals surface area contributed by atoms with Gasteiger partial charge < -0.3 is 10.0 Å². The summed E-state index contributed by atoms with van der Waals surface area (Å²) in [4.78, 5) is 0. The van der Waals surface area contributed by atoms with Gasteiger partial charge in [-0.1, -0.05) is 112 Å². The van der Waals surface area contributed by atoms with Gasteiger partial charge in [0.15, 0.2) is 8.07 Å². The third-order valence-corrected chi connectivity index (χ3v) is 12.2. The zero-order chi connectivity index (χ0) is 22.4. The standard InChI is InChI=1S/C26H30BNO2Si/c1-20(2)26(25(19-28)21(3)27(29)30)31(22-13-7-4-8-14-22,23-15-9-5-10-16-23)24-17-11-6-12-18-24/h4-18,20-21,25-26,29-30H,1-3H3. The molecule has 0 radical (unpaired) electrons. The first kappa shape index (κ1) is 23.0. The summed E-state index contributed by atoms with van der Waals surface area (Å²) in [6.07, 6.45) is 0.